The predicted molar refractivity (Wildman–Crippen MR) is 86.8 cm³/mol. The third-order valence-electron chi connectivity index (χ3n) is 3.89. The molecule has 23 heavy (non-hydrogen) atoms. The Kier molecular flexibility index (Phi) is 4.31. The van der Waals surface area contributed by atoms with Crippen LogP contribution in [0, 0.1) is 16.0 Å². The van der Waals surface area contributed by atoms with Gasteiger partial charge in [-0.05, 0) is 30.9 Å². The van der Waals surface area contributed by atoms with Gasteiger partial charge in [0.15, 0.2) is 0 Å². The van der Waals surface area contributed by atoms with E-state index in [1.807, 2.05) is 4.90 Å². The zero-order chi connectivity index (χ0) is 16.2. The average molecular weight is 314 g/mol. The van der Waals surface area contributed by atoms with Gasteiger partial charge in [-0.2, -0.15) is 0 Å². The molecule has 8 nitrogen and oxygen atoms in total. The number of rotatable bonds is 4. The quantitative estimate of drug-likeness (QED) is 0.684. The lowest BCUT2D eigenvalue weighted by Crippen LogP contribution is -2.35. The molecule has 1 aliphatic rings. The summed E-state index contributed by atoms with van der Waals surface area (Å²) in [4.78, 5) is 25.3. The van der Waals surface area contributed by atoms with E-state index in [0.29, 0.717) is 17.4 Å². The monoisotopic (exact) mass is 314 g/mol. The van der Waals surface area contributed by atoms with E-state index < -0.39 is 4.92 Å². The molecule has 1 unspecified atom stereocenters. The standard InChI is InChI=1S/C15H18N6O2/c1-11-3-2-8-20(9-11)15-13(21(22)23)14(17-10-18-15)19-12-4-6-16-7-5-12/h4-7,10-11H,2-3,8-9H2,1H3,(H,16,17,18,19). The van der Waals surface area contributed by atoms with Gasteiger partial charge in [0.1, 0.15) is 6.33 Å². The molecule has 120 valence electrons. The number of nitrogens with zero attached hydrogens (tertiary/aromatic N) is 5. The molecule has 2 aromatic rings. The van der Waals surface area contributed by atoms with Gasteiger partial charge < -0.3 is 10.2 Å². The van der Waals surface area contributed by atoms with Crippen LogP contribution < -0.4 is 10.2 Å². The van der Waals surface area contributed by atoms with E-state index in [0.717, 1.165) is 25.9 Å². The molecule has 3 rings (SSSR count). The highest BCUT2D eigenvalue weighted by molar-refractivity contribution is 5.74. The molecule has 8 heteroatoms. The Bertz CT molecular complexity index is 694. The molecule has 1 aliphatic heterocycles. The van der Waals surface area contributed by atoms with Crippen molar-refractivity contribution in [3.8, 4) is 0 Å². The van der Waals surface area contributed by atoms with E-state index in [1.165, 1.54) is 6.33 Å². The van der Waals surface area contributed by atoms with Crippen molar-refractivity contribution in [2.75, 3.05) is 23.3 Å². The van der Waals surface area contributed by atoms with Crippen molar-refractivity contribution >= 4 is 23.0 Å². The summed E-state index contributed by atoms with van der Waals surface area (Å²) in [6.07, 6.45) is 6.74. The van der Waals surface area contributed by atoms with Crippen molar-refractivity contribution in [3.63, 3.8) is 0 Å². The highest BCUT2D eigenvalue weighted by Crippen LogP contribution is 2.35. The minimum atomic E-state index is -0.419. The molecule has 0 amide bonds. The van der Waals surface area contributed by atoms with Crippen LogP contribution in [0.15, 0.2) is 30.9 Å². The lowest BCUT2D eigenvalue weighted by atomic mass is 10.0. The number of pyridine rings is 1. The number of nitrogens with one attached hydrogen (secondary N) is 1. The van der Waals surface area contributed by atoms with Gasteiger partial charge in [-0.25, -0.2) is 9.97 Å². The zero-order valence-corrected chi connectivity index (χ0v) is 12.8. The SMILES string of the molecule is CC1CCCN(c2ncnc(Nc3ccncc3)c2[N+](=O)[O-])C1. The lowest BCUT2D eigenvalue weighted by molar-refractivity contribution is -0.383. The summed E-state index contributed by atoms with van der Waals surface area (Å²) in [5.74, 6) is 1.08. The second kappa shape index (κ2) is 6.55. The van der Waals surface area contributed by atoms with E-state index in [1.54, 1.807) is 24.5 Å². The number of piperidine rings is 1. The van der Waals surface area contributed by atoms with Gasteiger partial charge >= 0.3 is 5.69 Å². The van der Waals surface area contributed by atoms with E-state index in [9.17, 15) is 10.1 Å². The van der Waals surface area contributed by atoms with Gasteiger partial charge in [-0.3, -0.25) is 15.1 Å². The smallest absolute Gasteiger partial charge is 0.350 e. The Morgan fingerprint density at radius 2 is 2.13 bits per heavy atom. The van der Waals surface area contributed by atoms with E-state index in [2.05, 4.69) is 27.2 Å². The average Bonchev–Trinajstić information content (AvgIpc) is 2.55. The number of nitro groups is 1. The van der Waals surface area contributed by atoms with Crippen molar-refractivity contribution < 1.29 is 4.92 Å². The minimum Gasteiger partial charge on any atom is -0.350 e. The number of hydrogen-bond acceptors (Lipinski definition) is 7. The Hall–Kier alpha value is -2.77. The molecule has 0 radical (unpaired) electrons. The van der Waals surface area contributed by atoms with Gasteiger partial charge in [-0.15, -0.1) is 0 Å². The summed E-state index contributed by atoms with van der Waals surface area (Å²) in [5.41, 5.74) is 0.609. The summed E-state index contributed by atoms with van der Waals surface area (Å²) in [7, 11) is 0. The van der Waals surface area contributed by atoms with Crippen LogP contribution in [0.5, 0.6) is 0 Å². The summed E-state index contributed by atoms with van der Waals surface area (Å²) in [5, 5.41) is 14.6. The second-order valence-corrected chi connectivity index (χ2v) is 5.71. The van der Waals surface area contributed by atoms with Crippen LogP contribution in [0.4, 0.5) is 23.0 Å². The van der Waals surface area contributed by atoms with Crippen molar-refractivity contribution in [1.29, 1.82) is 0 Å². The molecule has 0 aliphatic carbocycles. The maximum Gasteiger partial charge on any atom is 0.353 e. The van der Waals surface area contributed by atoms with Crippen molar-refractivity contribution in [1.82, 2.24) is 15.0 Å². The lowest BCUT2D eigenvalue weighted by Gasteiger charge is -2.31. The normalized spacial score (nSPS) is 17.8. The van der Waals surface area contributed by atoms with Crippen molar-refractivity contribution in [2.45, 2.75) is 19.8 Å². The highest BCUT2D eigenvalue weighted by atomic mass is 16.6. The molecule has 1 saturated heterocycles. The highest BCUT2D eigenvalue weighted by Gasteiger charge is 2.29. The third-order valence-corrected chi connectivity index (χ3v) is 3.89. The first-order valence-corrected chi connectivity index (χ1v) is 7.56. The van der Waals surface area contributed by atoms with Crippen molar-refractivity contribution in [2.24, 2.45) is 5.92 Å². The van der Waals surface area contributed by atoms with Crippen LogP contribution in [0.25, 0.3) is 0 Å². The molecule has 2 aromatic heterocycles. The van der Waals surface area contributed by atoms with E-state index in [-0.39, 0.29) is 11.5 Å². The van der Waals surface area contributed by atoms with Crippen LogP contribution in [0.1, 0.15) is 19.8 Å². The fourth-order valence-electron chi connectivity index (χ4n) is 2.81. The Balaban J connectivity index is 1.97. The molecular formula is C15H18N6O2. The maximum atomic E-state index is 11.6. The summed E-state index contributed by atoms with van der Waals surface area (Å²) < 4.78 is 0. The first-order valence-electron chi connectivity index (χ1n) is 7.56. The van der Waals surface area contributed by atoms with Gasteiger partial charge in [-0.1, -0.05) is 6.92 Å². The molecule has 0 spiro atoms. The van der Waals surface area contributed by atoms with E-state index >= 15 is 0 Å². The Morgan fingerprint density at radius 3 is 2.83 bits per heavy atom. The maximum absolute atomic E-state index is 11.6. The van der Waals surface area contributed by atoms with Gasteiger partial charge in [0, 0.05) is 31.2 Å². The third kappa shape index (κ3) is 3.36. The number of anilines is 3. The Labute approximate surface area is 133 Å². The van der Waals surface area contributed by atoms with E-state index in [4.69, 9.17) is 0 Å². The zero-order valence-electron chi connectivity index (χ0n) is 12.8. The fourth-order valence-corrected chi connectivity index (χ4v) is 2.81. The molecule has 1 fully saturated rings. The minimum absolute atomic E-state index is 0.0848. The van der Waals surface area contributed by atoms with Gasteiger partial charge in [0.2, 0.25) is 11.6 Å². The summed E-state index contributed by atoms with van der Waals surface area (Å²) in [6.45, 7) is 3.69. The van der Waals surface area contributed by atoms with Crippen LogP contribution in [0.3, 0.4) is 0 Å². The predicted octanol–water partition coefficient (Wildman–Crippen LogP) is 2.76. The summed E-state index contributed by atoms with van der Waals surface area (Å²) >= 11 is 0. The van der Waals surface area contributed by atoms with Crippen LogP contribution in [0.2, 0.25) is 0 Å². The topological polar surface area (TPSA) is 97.1 Å². The molecular weight excluding hydrogens is 296 g/mol. The second-order valence-electron chi connectivity index (χ2n) is 5.71. The summed E-state index contributed by atoms with van der Waals surface area (Å²) in [6, 6.07) is 3.46. The molecule has 0 saturated carbocycles. The molecule has 0 aromatic carbocycles. The van der Waals surface area contributed by atoms with Crippen LogP contribution in [-0.4, -0.2) is 33.0 Å². The molecule has 3 heterocycles. The first kappa shape index (κ1) is 15.1. The first-order chi connectivity index (χ1) is 11.1. The molecule has 1 N–H and O–H groups in total. The molecule has 1 atom stereocenters. The van der Waals surface area contributed by atoms with Crippen LogP contribution >= 0.6 is 0 Å². The van der Waals surface area contributed by atoms with Gasteiger partial charge in [0.25, 0.3) is 0 Å². The number of aromatic nitrogens is 3. The molecule has 0 bridgehead atoms. The fraction of sp³-hybridized carbons (Fsp3) is 0.400. The largest absolute Gasteiger partial charge is 0.353 e. The van der Waals surface area contributed by atoms with Crippen molar-refractivity contribution in [3.05, 3.63) is 41.0 Å². The number of hydrogen-bond donors (Lipinski definition) is 1. The Morgan fingerprint density at radius 1 is 1.35 bits per heavy atom. The van der Waals surface area contributed by atoms with Crippen LogP contribution in [-0.2, 0) is 0 Å². The van der Waals surface area contributed by atoms with Gasteiger partial charge in [0.05, 0.1) is 4.92 Å².